The van der Waals surface area contributed by atoms with Gasteiger partial charge in [0.2, 0.25) is 0 Å². The van der Waals surface area contributed by atoms with Crippen molar-refractivity contribution in [1.29, 1.82) is 0 Å². The molecule has 1 aromatic carbocycles. The van der Waals surface area contributed by atoms with Crippen LogP contribution in [0, 0.1) is 5.92 Å². The molecule has 6 heteroatoms. The first-order valence-electron chi connectivity index (χ1n) is 8.51. The van der Waals surface area contributed by atoms with Crippen molar-refractivity contribution in [3.8, 4) is 0 Å². The largest absolute Gasteiger partial charge is 0.389 e. The second kappa shape index (κ2) is 8.80. The zero-order valence-corrected chi connectivity index (χ0v) is 13.8. The zero-order valence-electron chi connectivity index (χ0n) is 13.8. The molecule has 1 fully saturated rings. The van der Waals surface area contributed by atoms with Crippen LogP contribution in [0.4, 0.5) is 0 Å². The molecule has 2 aliphatic heterocycles. The van der Waals surface area contributed by atoms with Gasteiger partial charge in [0.05, 0.1) is 19.8 Å². The summed E-state index contributed by atoms with van der Waals surface area (Å²) in [6, 6.07) is 10.2. The molecule has 6 nitrogen and oxygen atoms in total. The van der Waals surface area contributed by atoms with E-state index in [2.05, 4.69) is 22.6 Å². The lowest BCUT2D eigenvalue weighted by Crippen LogP contribution is -2.35. The third-order valence-electron chi connectivity index (χ3n) is 4.25. The van der Waals surface area contributed by atoms with E-state index in [4.69, 9.17) is 14.3 Å². The topological polar surface area (TPSA) is 69.2 Å². The molecule has 24 heavy (non-hydrogen) atoms. The number of amides is 1. The molecule has 1 aromatic rings. The molecule has 0 aliphatic carbocycles. The van der Waals surface area contributed by atoms with Crippen LogP contribution in [-0.4, -0.2) is 50.7 Å². The normalized spacial score (nSPS) is 22.9. The summed E-state index contributed by atoms with van der Waals surface area (Å²) in [4.78, 5) is 17.3. The van der Waals surface area contributed by atoms with E-state index in [0.29, 0.717) is 37.8 Å². The summed E-state index contributed by atoms with van der Waals surface area (Å²) in [5.74, 6) is 0.266. The van der Waals surface area contributed by atoms with Crippen LogP contribution >= 0.6 is 0 Å². The molecule has 0 saturated carbocycles. The van der Waals surface area contributed by atoms with Gasteiger partial charge in [-0.15, -0.1) is 0 Å². The number of nitrogens with one attached hydrogen (secondary N) is 1. The van der Waals surface area contributed by atoms with Crippen molar-refractivity contribution in [2.24, 2.45) is 11.1 Å². The highest BCUT2D eigenvalue weighted by atomic mass is 16.7. The minimum absolute atomic E-state index is 0.145. The van der Waals surface area contributed by atoms with Gasteiger partial charge < -0.3 is 19.6 Å². The average Bonchev–Trinajstić information content (AvgIpc) is 3.29. The van der Waals surface area contributed by atoms with E-state index in [1.54, 1.807) is 0 Å². The Morgan fingerprint density at radius 2 is 2.21 bits per heavy atom. The predicted molar refractivity (Wildman–Crippen MR) is 89.8 cm³/mol. The Balaban J connectivity index is 1.29. The van der Waals surface area contributed by atoms with Crippen molar-refractivity contribution in [2.75, 3.05) is 33.0 Å². The maximum atomic E-state index is 12.1. The fourth-order valence-corrected chi connectivity index (χ4v) is 2.78. The zero-order chi connectivity index (χ0) is 16.6. The Labute approximate surface area is 142 Å². The summed E-state index contributed by atoms with van der Waals surface area (Å²) < 4.78 is 10.9. The van der Waals surface area contributed by atoms with E-state index >= 15 is 0 Å². The lowest BCUT2D eigenvalue weighted by atomic mass is 10.1. The third kappa shape index (κ3) is 5.04. The number of carbonyl (C=O) groups excluding carboxylic acids is 1. The highest BCUT2D eigenvalue weighted by molar-refractivity contribution is 6.39. The molecule has 1 amide bonds. The second-order valence-electron chi connectivity index (χ2n) is 6.22. The number of benzene rings is 1. The molecule has 0 bridgehead atoms. The van der Waals surface area contributed by atoms with Gasteiger partial charge in [-0.05, 0) is 18.4 Å². The summed E-state index contributed by atoms with van der Waals surface area (Å²) in [5, 5.41) is 6.80. The summed E-state index contributed by atoms with van der Waals surface area (Å²) in [7, 11) is 0. The van der Waals surface area contributed by atoms with Gasteiger partial charge in [-0.1, -0.05) is 35.5 Å². The van der Waals surface area contributed by atoms with Gasteiger partial charge in [-0.25, -0.2) is 0 Å². The molecular formula is C18H24N2O4. The molecule has 2 atom stereocenters. The Morgan fingerprint density at radius 1 is 1.33 bits per heavy atom. The Kier molecular flexibility index (Phi) is 6.20. The molecule has 3 rings (SSSR count). The number of rotatable bonds is 8. The van der Waals surface area contributed by atoms with E-state index in [9.17, 15) is 4.79 Å². The number of nitrogens with zero attached hydrogens (tertiary/aromatic N) is 1. The van der Waals surface area contributed by atoms with Crippen LogP contribution in [0.15, 0.2) is 35.5 Å². The van der Waals surface area contributed by atoms with Crippen molar-refractivity contribution < 1.29 is 19.1 Å². The van der Waals surface area contributed by atoms with Crippen molar-refractivity contribution in [3.05, 3.63) is 35.9 Å². The molecular weight excluding hydrogens is 308 g/mol. The average molecular weight is 332 g/mol. The fraction of sp³-hybridized carbons (Fsp3) is 0.556. The number of oxime groups is 1. The van der Waals surface area contributed by atoms with E-state index < -0.39 is 0 Å². The lowest BCUT2D eigenvalue weighted by Gasteiger charge is -2.10. The fourth-order valence-electron chi connectivity index (χ4n) is 2.78. The first-order chi connectivity index (χ1) is 11.8. The quantitative estimate of drug-likeness (QED) is 0.733. The number of hydrogen-bond donors (Lipinski definition) is 1. The van der Waals surface area contributed by atoms with Crippen LogP contribution in [0.2, 0.25) is 0 Å². The molecule has 130 valence electrons. The Morgan fingerprint density at radius 3 is 3.00 bits per heavy atom. The van der Waals surface area contributed by atoms with Gasteiger partial charge in [0.1, 0.15) is 5.71 Å². The van der Waals surface area contributed by atoms with Crippen molar-refractivity contribution in [3.63, 3.8) is 0 Å². The van der Waals surface area contributed by atoms with E-state index in [0.717, 1.165) is 26.1 Å². The van der Waals surface area contributed by atoms with Gasteiger partial charge in [0.25, 0.3) is 5.91 Å². The molecule has 1 saturated heterocycles. The van der Waals surface area contributed by atoms with Gasteiger partial charge in [0.15, 0.2) is 6.10 Å². The SMILES string of the molecule is O=C(NCC1CCOC1)C1=NOC(COCCc2ccccc2)C1. The highest BCUT2D eigenvalue weighted by Gasteiger charge is 2.27. The molecule has 2 heterocycles. The summed E-state index contributed by atoms with van der Waals surface area (Å²) in [5.41, 5.74) is 1.70. The predicted octanol–water partition coefficient (Wildman–Crippen LogP) is 1.54. The summed E-state index contributed by atoms with van der Waals surface area (Å²) in [6.07, 6.45) is 2.20. The molecule has 0 spiro atoms. The standard InChI is InChI=1S/C18H24N2O4/c21-18(19-11-15-7-9-22-12-15)17-10-16(24-20-17)13-23-8-6-14-4-2-1-3-5-14/h1-5,15-16H,6-13H2,(H,19,21). The molecule has 1 N–H and O–H groups in total. The first kappa shape index (κ1) is 16.9. The van der Waals surface area contributed by atoms with E-state index in [-0.39, 0.29) is 12.0 Å². The molecule has 0 radical (unpaired) electrons. The van der Waals surface area contributed by atoms with Crippen LogP contribution < -0.4 is 5.32 Å². The third-order valence-corrected chi connectivity index (χ3v) is 4.25. The van der Waals surface area contributed by atoms with Gasteiger partial charge in [-0.3, -0.25) is 4.79 Å². The maximum Gasteiger partial charge on any atom is 0.269 e. The van der Waals surface area contributed by atoms with E-state index in [1.165, 1.54) is 5.56 Å². The molecule has 2 unspecified atom stereocenters. The van der Waals surface area contributed by atoms with Gasteiger partial charge in [0, 0.05) is 25.5 Å². The monoisotopic (exact) mass is 332 g/mol. The Hall–Kier alpha value is -1.92. The van der Waals surface area contributed by atoms with Crippen LogP contribution in [-0.2, 0) is 25.5 Å². The number of ether oxygens (including phenoxy) is 2. The van der Waals surface area contributed by atoms with Gasteiger partial charge >= 0.3 is 0 Å². The minimum Gasteiger partial charge on any atom is -0.389 e. The highest BCUT2D eigenvalue weighted by Crippen LogP contribution is 2.13. The Bertz CT molecular complexity index is 555. The summed E-state index contributed by atoms with van der Waals surface area (Å²) in [6.45, 7) is 3.22. The van der Waals surface area contributed by atoms with Crippen LogP contribution in [0.5, 0.6) is 0 Å². The number of hydrogen-bond acceptors (Lipinski definition) is 5. The second-order valence-corrected chi connectivity index (χ2v) is 6.22. The smallest absolute Gasteiger partial charge is 0.269 e. The van der Waals surface area contributed by atoms with Crippen LogP contribution in [0.25, 0.3) is 0 Å². The molecule has 0 aromatic heterocycles. The van der Waals surface area contributed by atoms with E-state index in [1.807, 2.05) is 18.2 Å². The minimum atomic E-state index is -0.170. The summed E-state index contributed by atoms with van der Waals surface area (Å²) >= 11 is 0. The maximum absolute atomic E-state index is 12.1. The van der Waals surface area contributed by atoms with Crippen LogP contribution in [0.1, 0.15) is 18.4 Å². The molecule has 2 aliphatic rings. The first-order valence-corrected chi connectivity index (χ1v) is 8.51. The van der Waals surface area contributed by atoms with Crippen molar-refractivity contribution in [2.45, 2.75) is 25.4 Å². The van der Waals surface area contributed by atoms with Crippen molar-refractivity contribution >= 4 is 11.6 Å². The van der Waals surface area contributed by atoms with Crippen LogP contribution in [0.3, 0.4) is 0 Å². The lowest BCUT2D eigenvalue weighted by molar-refractivity contribution is -0.115. The van der Waals surface area contributed by atoms with Crippen molar-refractivity contribution in [1.82, 2.24) is 5.32 Å². The van der Waals surface area contributed by atoms with Gasteiger partial charge in [-0.2, -0.15) is 0 Å². The number of carbonyl (C=O) groups is 1.